The number of nitriles is 1. The van der Waals surface area contributed by atoms with E-state index in [0.717, 1.165) is 5.56 Å². The highest BCUT2D eigenvalue weighted by Crippen LogP contribution is 2.22. The van der Waals surface area contributed by atoms with Crippen molar-refractivity contribution in [2.24, 2.45) is 0 Å². The van der Waals surface area contributed by atoms with Gasteiger partial charge in [0, 0.05) is 12.7 Å². The molecular formula is C19H14FN3O. The third-order valence-corrected chi connectivity index (χ3v) is 3.36. The fourth-order valence-electron chi connectivity index (χ4n) is 2.14. The van der Waals surface area contributed by atoms with E-state index in [1.165, 1.54) is 12.1 Å². The molecule has 0 saturated carbocycles. The van der Waals surface area contributed by atoms with Crippen LogP contribution in [0.2, 0.25) is 0 Å². The summed E-state index contributed by atoms with van der Waals surface area (Å²) in [6.45, 7) is 0.544. The molecule has 0 saturated heterocycles. The van der Waals surface area contributed by atoms with Crippen LogP contribution in [-0.2, 0) is 6.54 Å². The van der Waals surface area contributed by atoms with Crippen molar-refractivity contribution < 1.29 is 9.13 Å². The Morgan fingerprint density at radius 1 is 1.00 bits per heavy atom. The van der Waals surface area contributed by atoms with Crippen molar-refractivity contribution in [2.75, 3.05) is 5.32 Å². The molecule has 0 aliphatic rings. The zero-order valence-corrected chi connectivity index (χ0v) is 12.7. The molecule has 0 aliphatic heterocycles. The Kier molecular flexibility index (Phi) is 4.68. The first kappa shape index (κ1) is 15.5. The topological polar surface area (TPSA) is 57.9 Å². The van der Waals surface area contributed by atoms with Gasteiger partial charge in [-0.3, -0.25) is 0 Å². The molecule has 4 nitrogen and oxygen atoms in total. The lowest BCUT2D eigenvalue weighted by Crippen LogP contribution is -2.03. The van der Waals surface area contributed by atoms with Crippen LogP contribution in [0.3, 0.4) is 0 Å². The Hall–Kier alpha value is -3.39. The number of anilines is 1. The van der Waals surface area contributed by atoms with E-state index in [4.69, 9.17) is 10.00 Å². The Balaban J connectivity index is 1.62. The minimum absolute atomic E-state index is 0.296. The van der Waals surface area contributed by atoms with Gasteiger partial charge in [0.05, 0.1) is 5.56 Å². The third kappa shape index (κ3) is 3.87. The molecule has 0 unspecified atom stereocenters. The van der Waals surface area contributed by atoms with E-state index in [1.54, 1.807) is 30.5 Å². The van der Waals surface area contributed by atoms with Gasteiger partial charge in [0.1, 0.15) is 29.2 Å². The quantitative estimate of drug-likeness (QED) is 0.752. The van der Waals surface area contributed by atoms with Gasteiger partial charge in [0.15, 0.2) is 0 Å². The van der Waals surface area contributed by atoms with E-state index in [9.17, 15) is 4.39 Å². The Labute approximate surface area is 139 Å². The first-order valence-corrected chi connectivity index (χ1v) is 7.36. The summed E-state index contributed by atoms with van der Waals surface area (Å²) in [4.78, 5) is 4.16. The van der Waals surface area contributed by atoms with Crippen LogP contribution in [0, 0.1) is 17.1 Å². The first-order chi connectivity index (χ1) is 11.7. The summed E-state index contributed by atoms with van der Waals surface area (Å²) >= 11 is 0. The molecule has 2 aromatic carbocycles. The number of aromatic nitrogens is 1. The highest BCUT2D eigenvalue weighted by Gasteiger charge is 2.03. The molecule has 5 heteroatoms. The molecule has 118 valence electrons. The van der Waals surface area contributed by atoms with Crippen molar-refractivity contribution in [2.45, 2.75) is 6.54 Å². The Morgan fingerprint density at radius 2 is 1.67 bits per heavy atom. The maximum atomic E-state index is 12.9. The van der Waals surface area contributed by atoms with Crippen molar-refractivity contribution >= 4 is 5.82 Å². The van der Waals surface area contributed by atoms with Crippen LogP contribution in [0.1, 0.15) is 11.1 Å². The summed E-state index contributed by atoms with van der Waals surface area (Å²) in [6, 6.07) is 18.9. The minimum atomic E-state index is -0.296. The van der Waals surface area contributed by atoms with Crippen molar-refractivity contribution in [1.29, 1.82) is 5.26 Å². The molecule has 0 atom stereocenters. The highest BCUT2D eigenvalue weighted by molar-refractivity contribution is 5.51. The van der Waals surface area contributed by atoms with E-state index in [1.807, 2.05) is 24.3 Å². The van der Waals surface area contributed by atoms with Gasteiger partial charge in [0.2, 0.25) is 0 Å². The van der Waals surface area contributed by atoms with E-state index >= 15 is 0 Å². The van der Waals surface area contributed by atoms with E-state index in [2.05, 4.69) is 16.4 Å². The van der Waals surface area contributed by atoms with Gasteiger partial charge < -0.3 is 10.1 Å². The number of pyridine rings is 1. The number of benzene rings is 2. The van der Waals surface area contributed by atoms with Crippen LogP contribution in [0.4, 0.5) is 10.2 Å². The lowest BCUT2D eigenvalue weighted by molar-refractivity contribution is 0.480. The number of nitrogens with zero attached hydrogens (tertiary/aromatic N) is 2. The highest BCUT2D eigenvalue weighted by atomic mass is 19.1. The number of ether oxygens (including phenoxy) is 1. The molecule has 0 aliphatic carbocycles. The molecule has 0 amide bonds. The lowest BCUT2D eigenvalue weighted by Gasteiger charge is -2.09. The molecule has 3 rings (SSSR count). The summed E-state index contributed by atoms with van der Waals surface area (Å²) in [5.74, 6) is 1.51. The molecule has 24 heavy (non-hydrogen) atoms. The van der Waals surface area contributed by atoms with Gasteiger partial charge >= 0.3 is 0 Å². The van der Waals surface area contributed by atoms with Crippen LogP contribution in [-0.4, -0.2) is 4.98 Å². The minimum Gasteiger partial charge on any atom is -0.457 e. The van der Waals surface area contributed by atoms with Gasteiger partial charge in [-0.05, 0) is 54.1 Å². The van der Waals surface area contributed by atoms with Crippen LogP contribution in [0.5, 0.6) is 11.5 Å². The van der Waals surface area contributed by atoms with Gasteiger partial charge in [-0.15, -0.1) is 0 Å². The predicted molar refractivity (Wildman–Crippen MR) is 89.2 cm³/mol. The number of hydrogen-bond acceptors (Lipinski definition) is 4. The number of nitrogens with one attached hydrogen (secondary N) is 1. The fraction of sp³-hybridized carbons (Fsp3) is 0.0526. The standard InChI is InChI=1S/C19H14FN3O/c20-16-5-9-18(10-6-16)24-17-7-3-14(4-8-17)13-23-19-15(12-21)2-1-11-22-19/h1-11H,13H2,(H,22,23). The Morgan fingerprint density at radius 3 is 2.33 bits per heavy atom. The molecule has 1 N–H and O–H groups in total. The van der Waals surface area contributed by atoms with Gasteiger partial charge in [-0.1, -0.05) is 12.1 Å². The van der Waals surface area contributed by atoms with Gasteiger partial charge in [-0.2, -0.15) is 5.26 Å². The normalized spacial score (nSPS) is 10.0. The second kappa shape index (κ2) is 7.25. The predicted octanol–water partition coefficient (Wildman–Crippen LogP) is 4.50. The maximum absolute atomic E-state index is 12.9. The first-order valence-electron chi connectivity index (χ1n) is 7.36. The molecular weight excluding hydrogens is 305 g/mol. The van der Waals surface area contributed by atoms with Crippen molar-refractivity contribution in [3.63, 3.8) is 0 Å². The second-order valence-corrected chi connectivity index (χ2v) is 5.06. The maximum Gasteiger partial charge on any atom is 0.144 e. The zero-order valence-electron chi connectivity index (χ0n) is 12.7. The van der Waals surface area contributed by atoms with Crippen molar-refractivity contribution in [3.8, 4) is 17.6 Å². The monoisotopic (exact) mass is 319 g/mol. The van der Waals surface area contributed by atoms with Crippen molar-refractivity contribution in [3.05, 3.63) is 83.8 Å². The summed E-state index contributed by atoms with van der Waals surface area (Å²) in [6.07, 6.45) is 1.64. The largest absolute Gasteiger partial charge is 0.457 e. The van der Waals surface area contributed by atoms with Crippen LogP contribution < -0.4 is 10.1 Å². The summed E-state index contributed by atoms with van der Waals surface area (Å²) in [5, 5.41) is 12.2. The number of rotatable bonds is 5. The Bertz CT molecular complexity index is 855. The molecule has 0 fully saturated rings. The number of halogens is 1. The third-order valence-electron chi connectivity index (χ3n) is 3.36. The molecule has 1 heterocycles. The fourth-order valence-corrected chi connectivity index (χ4v) is 2.14. The van der Waals surface area contributed by atoms with E-state index in [0.29, 0.717) is 29.4 Å². The van der Waals surface area contributed by atoms with Crippen molar-refractivity contribution in [1.82, 2.24) is 4.98 Å². The average Bonchev–Trinajstić information content (AvgIpc) is 2.63. The van der Waals surface area contributed by atoms with Crippen LogP contribution >= 0.6 is 0 Å². The van der Waals surface area contributed by atoms with Gasteiger partial charge in [-0.25, -0.2) is 9.37 Å². The smallest absolute Gasteiger partial charge is 0.144 e. The summed E-state index contributed by atoms with van der Waals surface area (Å²) in [7, 11) is 0. The molecule has 0 spiro atoms. The zero-order chi connectivity index (χ0) is 16.8. The molecule has 1 aromatic heterocycles. The average molecular weight is 319 g/mol. The molecule has 0 radical (unpaired) electrons. The lowest BCUT2D eigenvalue weighted by atomic mass is 10.2. The van der Waals surface area contributed by atoms with Gasteiger partial charge in [0.25, 0.3) is 0 Å². The van der Waals surface area contributed by atoms with E-state index < -0.39 is 0 Å². The number of hydrogen-bond donors (Lipinski definition) is 1. The van der Waals surface area contributed by atoms with E-state index in [-0.39, 0.29) is 5.82 Å². The summed E-state index contributed by atoms with van der Waals surface area (Å²) in [5.41, 5.74) is 1.53. The second-order valence-electron chi connectivity index (χ2n) is 5.06. The molecule has 3 aromatic rings. The van der Waals surface area contributed by atoms with Crippen LogP contribution in [0.15, 0.2) is 66.9 Å². The van der Waals surface area contributed by atoms with Crippen LogP contribution in [0.25, 0.3) is 0 Å². The SMILES string of the molecule is N#Cc1cccnc1NCc1ccc(Oc2ccc(F)cc2)cc1. The molecule has 0 bridgehead atoms. The summed E-state index contributed by atoms with van der Waals surface area (Å²) < 4.78 is 18.5.